The first-order valence-corrected chi connectivity index (χ1v) is 11.7. The topological polar surface area (TPSA) is 76.1 Å². The van der Waals surface area contributed by atoms with Gasteiger partial charge in [0.05, 0.1) is 38.9 Å². The van der Waals surface area contributed by atoms with Gasteiger partial charge in [-0.2, -0.15) is 0 Å². The number of aryl methyl sites for hydroxylation is 1. The van der Waals surface area contributed by atoms with Gasteiger partial charge in [0.15, 0.2) is 0 Å². The minimum atomic E-state index is -0.768. The van der Waals surface area contributed by atoms with Crippen LogP contribution in [0.4, 0.5) is 5.69 Å². The van der Waals surface area contributed by atoms with Crippen LogP contribution in [0.3, 0.4) is 0 Å². The van der Waals surface area contributed by atoms with Gasteiger partial charge in [-0.3, -0.25) is 4.79 Å². The summed E-state index contributed by atoms with van der Waals surface area (Å²) in [5, 5.41) is 10.4. The molecule has 3 rings (SSSR count). The molecule has 1 aromatic heterocycles. The molecule has 0 aliphatic carbocycles. The third kappa shape index (κ3) is 6.15. The van der Waals surface area contributed by atoms with Crippen molar-refractivity contribution in [1.82, 2.24) is 0 Å². The third-order valence-corrected chi connectivity index (χ3v) is 6.58. The van der Waals surface area contributed by atoms with Crippen molar-refractivity contribution in [2.45, 2.75) is 64.2 Å². The molecule has 2 atom stereocenters. The van der Waals surface area contributed by atoms with Gasteiger partial charge in [0.25, 0.3) is 0 Å². The lowest BCUT2D eigenvalue weighted by Crippen LogP contribution is -2.40. The Bertz CT molecular complexity index is 863. The first kappa shape index (κ1) is 23.4. The molecule has 0 saturated carbocycles. The number of amides is 1. The molecular formula is C24H31NO5S. The van der Waals surface area contributed by atoms with E-state index in [-0.39, 0.29) is 24.9 Å². The van der Waals surface area contributed by atoms with E-state index in [1.54, 1.807) is 11.0 Å². The highest BCUT2D eigenvalue weighted by Crippen LogP contribution is 2.28. The summed E-state index contributed by atoms with van der Waals surface area (Å²) in [6.07, 6.45) is 5.26. The van der Waals surface area contributed by atoms with Crippen molar-refractivity contribution in [1.29, 1.82) is 0 Å². The monoisotopic (exact) mass is 445 g/mol. The van der Waals surface area contributed by atoms with Crippen LogP contribution in [0, 0.1) is 0 Å². The van der Waals surface area contributed by atoms with E-state index in [9.17, 15) is 14.7 Å². The molecule has 7 heteroatoms. The Morgan fingerprint density at radius 2 is 1.94 bits per heavy atom. The number of aliphatic hydroxyl groups is 1. The third-order valence-electron chi connectivity index (χ3n) is 5.54. The number of anilines is 1. The highest BCUT2D eigenvalue weighted by atomic mass is 32.1. The Labute approximate surface area is 187 Å². The number of hydrogen-bond donors (Lipinski definition) is 1. The van der Waals surface area contributed by atoms with E-state index in [1.807, 2.05) is 18.2 Å². The average molecular weight is 446 g/mol. The van der Waals surface area contributed by atoms with Gasteiger partial charge >= 0.3 is 5.97 Å². The van der Waals surface area contributed by atoms with Crippen molar-refractivity contribution >= 4 is 28.9 Å². The molecule has 168 valence electrons. The van der Waals surface area contributed by atoms with Gasteiger partial charge in [0.2, 0.25) is 5.91 Å². The molecular weight excluding hydrogens is 414 g/mol. The van der Waals surface area contributed by atoms with E-state index in [4.69, 9.17) is 9.47 Å². The molecule has 0 unspecified atom stereocenters. The van der Waals surface area contributed by atoms with Gasteiger partial charge in [-0.1, -0.05) is 38.3 Å². The largest absolute Gasteiger partial charge is 0.465 e. The van der Waals surface area contributed by atoms with Crippen LogP contribution in [-0.4, -0.2) is 42.8 Å². The molecule has 2 aromatic rings. The van der Waals surface area contributed by atoms with E-state index < -0.39 is 12.1 Å². The Kier molecular flexibility index (Phi) is 8.63. The van der Waals surface area contributed by atoms with Gasteiger partial charge in [-0.05, 0) is 42.7 Å². The zero-order valence-electron chi connectivity index (χ0n) is 18.2. The van der Waals surface area contributed by atoms with Crippen molar-refractivity contribution in [2.75, 3.05) is 18.6 Å². The van der Waals surface area contributed by atoms with E-state index in [2.05, 4.69) is 19.1 Å². The lowest BCUT2D eigenvalue weighted by molar-refractivity contribution is -0.117. The van der Waals surface area contributed by atoms with Crippen molar-refractivity contribution in [2.24, 2.45) is 0 Å². The van der Waals surface area contributed by atoms with Crippen LogP contribution in [0.15, 0.2) is 36.4 Å². The zero-order valence-corrected chi connectivity index (χ0v) is 19.0. The van der Waals surface area contributed by atoms with Gasteiger partial charge < -0.3 is 19.5 Å². The number of carbonyl (C=O) groups excluding carboxylic acids is 2. The number of ether oxygens (including phenoxy) is 2. The number of nitrogens with zero attached hydrogens (tertiary/aromatic N) is 1. The van der Waals surface area contributed by atoms with Gasteiger partial charge in [-0.15, -0.1) is 11.3 Å². The van der Waals surface area contributed by atoms with Crippen LogP contribution >= 0.6 is 11.3 Å². The fraction of sp³-hybridized carbons (Fsp3) is 0.500. The summed E-state index contributed by atoms with van der Waals surface area (Å²) in [7, 11) is 1.35. The number of unbranched alkanes of at least 4 members (excludes halogenated alkanes) is 3. The second-order valence-corrected chi connectivity index (χ2v) is 9.02. The lowest BCUT2D eigenvalue weighted by Gasteiger charge is -2.26. The summed E-state index contributed by atoms with van der Waals surface area (Å²) in [5.74, 6) is -0.464. The van der Waals surface area contributed by atoms with Gasteiger partial charge in [0, 0.05) is 10.6 Å². The summed E-state index contributed by atoms with van der Waals surface area (Å²) in [6.45, 7) is 2.73. The number of hydrogen-bond acceptors (Lipinski definition) is 6. The molecule has 1 N–H and O–H groups in total. The summed E-state index contributed by atoms with van der Waals surface area (Å²) in [4.78, 5) is 27.2. The fourth-order valence-corrected chi connectivity index (χ4v) is 4.68. The highest BCUT2D eigenvalue weighted by molar-refractivity contribution is 7.13. The first-order valence-electron chi connectivity index (χ1n) is 10.9. The van der Waals surface area contributed by atoms with E-state index in [0.717, 1.165) is 17.0 Å². The van der Waals surface area contributed by atoms with Crippen LogP contribution < -0.4 is 4.90 Å². The number of methoxy groups -OCH3 is 1. The highest BCUT2D eigenvalue weighted by Gasteiger charge is 2.39. The maximum Gasteiger partial charge on any atom is 0.348 e. The van der Waals surface area contributed by atoms with Crippen LogP contribution in [0.5, 0.6) is 0 Å². The minimum Gasteiger partial charge on any atom is -0.465 e. The minimum absolute atomic E-state index is 0.0955. The quantitative estimate of drug-likeness (QED) is 0.411. The number of carbonyl (C=O) groups is 2. The lowest BCUT2D eigenvalue weighted by atomic mass is 10.1. The molecule has 1 aliphatic rings. The Hall–Kier alpha value is -2.22. The Morgan fingerprint density at radius 3 is 2.65 bits per heavy atom. The molecule has 0 radical (unpaired) electrons. The van der Waals surface area contributed by atoms with Crippen LogP contribution in [0.1, 0.15) is 59.1 Å². The summed E-state index contributed by atoms with van der Waals surface area (Å²) in [6, 6.07) is 11.2. The fourth-order valence-electron chi connectivity index (χ4n) is 3.82. The van der Waals surface area contributed by atoms with Crippen molar-refractivity contribution in [3.8, 4) is 0 Å². The molecule has 31 heavy (non-hydrogen) atoms. The zero-order chi connectivity index (χ0) is 22.2. The SMILES string of the molecule is CCCCCCc1ccc(N2C(=O)C[C@@H](O)[C@@H]2COCc2ccc(C(=O)OC)s2)cc1. The molecule has 6 nitrogen and oxygen atoms in total. The maximum atomic E-state index is 12.5. The molecule has 1 saturated heterocycles. The molecule has 2 heterocycles. The summed E-state index contributed by atoms with van der Waals surface area (Å²) in [5.41, 5.74) is 2.05. The number of aliphatic hydroxyl groups excluding tert-OH is 1. The Balaban J connectivity index is 1.57. The number of rotatable bonds is 11. The smallest absolute Gasteiger partial charge is 0.348 e. The molecule has 0 bridgehead atoms. The maximum absolute atomic E-state index is 12.5. The Morgan fingerprint density at radius 1 is 1.16 bits per heavy atom. The van der Waals surface area contributed by atoms with Crippen LogP contribution in [0.25, 0.3) is 0 Å². The summed E-state index contributed by atoms with van der Waals surface area (Å²) < 4.78 is 10.5. The average Bonchev–Trinajstić information content (AvgIpc) is 3.35. The van der Waals surface area contributed by atoms with E-state index >= 15 is 0 Å². The standard InChI is InChI=1S/C24H31NO5S/c1-3-4-5-6-7-17-8-10-18(11-9-17)25-20(21(26)14-23(25)27)16-30-15-19-12-13-22(31-19)24(28)29-2/h8-13,20-21,26H,3-7,14-16H2,1-2H3/t20-,21+/m0/s1. The molecule has 1 fully saturated rings. The predicted molar refractivity (Wildman–Crippen MR) is 122 cm³/mol. The van der Waals surface area contributed by atoms with Crippen molar-refractivity contribution in [3.05, 3.63) is 51.7 Å². The van der Waals surface area contributed by atoms with Gasteiger partial charge in [0.1, 0.15) is 4.88 Å². The second kappa shape index (κ2) is 11.4. The number of benzene rings is 1. The predicted octanol–water partition coefficient (Wildman–Crippen LogP) is 4.34. The van der Waals surface area contributed by atoms with Gasteiger partial charge in [-0.25, -0.2) is 4.79 Å². The normalized spacial score (nSPS) is 18.5. The number of thiophene rings is 1. The van der Waals surface area contributed by atoms with E-state index in [1.165, 1.54) is 49.7 Å². The molecule has 1 aromatic carbocycles. The van der Waals surface area contributed by atoms with Crippen LogP contribution in [0.2, 0.25) is 0 Å². The first-order chi connectivity index (χ1) is 15.0. The molecule has 1 aliphatic heterocycles. The van der Waals surface area contributed by atoms with E-state index in [0.29, 0.717) is 11.5 Å². The van der Waals surface area contributed by atoms with Crippen molar-refractivity contribution in [3.63, 3.8) is 0 Å². The second-order valence-electron chi connectivity index (χ2n) is 7.85. The molecule has 0 spiro atoms. The summed E-state index contributed by atoms with van der Waals surface area (Å²) >= 11 is 1.31. The number of esters is 1. The molecule has 1 amide bonds. The van der Waals surface area contributed by atoms with Crippen LogP contribution in [-0.2, 0) is 27.3 Å². The van der Waals surface area contributed by atoms with Crippen molar-refractivity contribution < 1.29 is 24.2 Å².